The molecule has 0 spiro atoms. The topological polar surface area (TPSA) is 122 Å². The standard InChI is InChI=1S/C11H13N5O4S2/c1-6-8(9(17)13-11-14-12-5-21-11)10(18)16(15-6)7-2-3-22(19,20)4-7/h5,7-8H,2-4H2,1H3,(H,13,14,17)/t7-,8+/m0/s1. The fourth-order valence-electron chi connectivity index (χ4n) is 2.52. The van der Waals surface area contributed by atoms with Gasteiger partial charge in [0.15, 0.2) is 15.8 Å². The summed E-state index contributed by atoms with van der Waals surface area (Å²) in [5.74, 6) is -2.15. The lowest BCUT2D eigenvalue weighted by Gasteiger charge is -2.19. The summed E-state index contributed by atoms with van der Waals surface area (Å²) in [6.45, 7) is 1.58. The van der Waals surface area contributed by atoms with E-state index >= 15 is 0 Å². The maximum Gasteiger partial charge on any atom is 0.261 e. The van der Waals surface area contributed by atoms with Crippen LogP contribution in [-0.2, 0) is 19.4 Å². The van der Waals surface area contributed by atoms with Gasteiger partial charge in [0.2, 0.25) is 11.0 Å². The van der Waals surface area contributed by atoms with Gasteiger partial charge in [0, 0.05) is 0 Å². The minimum atomic E-state index is -3.13. The first-order valence-electron chi connectivity index (χ1n) is 6.53. The number of rotatable bonds is 3. The summed E-state index contributed by atoms with van der Waals surface area (Å²) in [6, 6.07) is -0.494. The van der Waals surface area contributed by atoms with E-state index < -0.39 is 33.6 Å². The van der Waals surface area contributed by atoms with E-state index in [2.05, 4.69) is 20.6 Å². The quantitative estimate of drug-likeness (QED) is 0.738. The van der Waals surface area contributed by atoms with E-state index in [1.54, 1.807) is 6.92 Å². The zero-order valence-corrected chi connectivity index (χ0v) is 13.2. The van der Waals surface area contributed by atoms with Gasteiger partial charge in [0.05, 0.1) is 23.3 Å². The lowest BCUT2D eigenvalue weighted by molar-refractivity contribution is -0.137. The van der Waals surface area contributed by atoms with Crippen LogP contribution in [0.1, 0.15) is 13.3 Å². The Kier molecular flexibility index (Phi) is 3.68. The Morgan fingerprint density at radius 2 is 2.27 bits per heavy atom. The Morgan fingerprint density at radius 1 is 1.50 bits per heavy atom. The van der Waals surface area contributed by atoms with Crippen molar-refractivity contribution in [2.45, 2.75) is 19.4 Å². The van der Waals surface area contributed by atoms with Crippen LogP contribution >= 0.6 is 11.3 Å². The second-order valence-corrected chi connectivity index (χ2v) is 8.21. The predicted molar refractivity (Wildman–Crippen MR) is 79.0 cm³/mol. The second-order valence-electron chi connectivity index (χ2n) is 5.15. The van der Waals surface area contributed by atoms with Crippen molar-refractivity contribution in [3.63, 3.8) is 0 Å². The smallest absolute Gasteiger partial charge is 0.261 e. The molecule has 0 unspecified atom stereocenters. The van der Waals surface area contributed by atoms with Gasteiger partial charge in [-0.3, -0.25) is 14.9 Å². The maximum absolute atomic E-state index is 12.4. The second kappa shape index (κ2) is 5.39. The highest BCUT2D eigenvalue weighted by atomic mass is 32.2. The number of anilines is 1. The molecule has 1 N–H and O–H groups in total. The van der Waals surface area contributed by atoms with Gasteiger partial charge in [-0.1, -0.05) is 11.3 Å². The van der Waals surface area contributed by atoms with Crippen molar-refractivity contribution >= 4 is 43.8 Å². The van der Waals surface area contributed by atoms with Crippen LogP contribution < -0.4 is 5.32 Å². The summed E-state index contributed by atoms with van der Waals surface area (Å²) in [5.41, 5.74) is 1.80. The van der Waals surface area contributed by atoms with Gasteiger partial charge < -0.3 is 0 Å². The fraction of sp³-hybridized carbons (Fsp3) is 0.545. The highest BCUT2D eigenvalue weighted by molar-refractivity contribution is 7.91. The van der Waals surface area contributed by atoms with E-state index in [0.717, 1.165) is 16.3 Å². The summed E-state index contributed by atoms with van der Waals surface area (Å²) in [7, 11) is -3.13. The number of nitrogens with zero attached hydrogens (tertiary/aromatic N) is 4. The SMILES string of the molecule is CC1=NN([C@H]2CCS(=O)(=O)C2)C(=O)[C@H]1C(=O)Nc1nncs1. The average Bonchev–Trinajstić information content (AvgIpc) is 3.10. The third-order valence-electron chi connectivity index (χ3n) is 3.56. The number of sulfone groups is 1. The fourth-order valence-corrected chi connectivity index (χ4v) is 4.66. The molecule has 9 nitrogen and oxygen atoms in total. The molecule has 1 saturated heterocycles. The number of carbonyl (C=O) groups excluding carboxylic acids is 2. The van der Waals surface area contributed by atoms with Crippen molar-refractivity contribution in [1.29, 1.82) is 0 Å². The number of hydrazone groups is 1. The molecule has 3 heterocycles. The normalized spacial score (nSPS) is 27.0. The van der Waals surface area contributed by atoms with E-state index in [1.807, 2.05) is 0 Å². The molecule has 0 aromatic carbocycles. The molecule has 118 valence electrons. The molecular weight excluding hydrogens is 330 g/mol. The van der Waals surface area contributed by atoms with Crippen LogP contribution in [0.4, 0.5) is 5.13 Å². The van der Waals surface area contributed by atoms with Gasteiger partial charge in [-0.2, -0.15) is 5.10 Å². The van der Waals surface area contributed by atoms with Gasteiger partial charge in [-0.25, -0.2) is 13.4 Å². The molecular formula is C11H13N5O4S2. The summed E-state index contributed by atoms with van der Waals surface area (Å²) < 4.78 is 23.1. The maximum atomic E-state index is 12.4. The predicted octanol–water partition coefficient (Wildman–Crippen LogP) is -0.502. The third-order valence-corrected chi connectivity index (χ3v) is 5.92. The molecule has 0 bridgehead atoms. The number of hydrogen-bond donors (Lipinski definition) is 1. The highest BCUT2D eigenvalue weighted by Crippen LogP contribution is 2.26. The van der Waals surface area contributed by atoms with Crippen LogP contribution in [0.15, 0.2) is 10.6 Å². The van der Waals surface area contributed by atoms with Crippen LogP contribution in [0.25, 0.3) is 0 Å². The van der Waals surface area contributed by atoms with Crippen LogP contribution in [0, 0.1) is 5.92 Å². The molecule has 11 heteroatoms. The first-order chi connectivity index (χ1) is 10.4. The summed E-state index contributed by atoms with van der Waals surface area (Å²) >= 11 is 1.14. The molecule has 0 radical (unpaired) electrons. The molecule has 2 atom stereocenters. The number of amides is 2. The van der Waals surface area contributed by atoms with Gasteiger partial charge >= 0.3 is 0 Å². The molecule has 1 aromatic heterocycles. The zero-order chi connectivity index (χ0) is 15.9. The van der Waals surface area contributed by atoms with Crippen LogP contribution in [0.5, 0.6) is 0 Å². The molecule has 2 amide bonds. The van der Waals surface area contributed by atoms with Crippen molar-refractivity contribution in [2.75, 3.05) is 16.8 Å². The van der Waals surface area contributed by atoms with E-state index in [4.69, 9.17) is 0 Å². The van der Waals surface area contributed by atoms with Gasteiger partial charge in [-0.05, 0) is 13.3 Å². The lowest BCUT2D eigenvalue weighted by Crippen LogP contribution is -2.40. The van der Waals surface area contributed by atoms with E-state index in [0.29, 0.717) is 17.3 Å². The largest absolute Gasteiger partial charge is 0.299 e. The monoisotopic (exact) mass is 343 g/mol. The van der Waals surface area contributed by atoms with Crippen LogP contribution in [-0.4, -0.2) is 58.7 Å². The van der Waals surface area contributed by atoms with E-state index in [-0.39, 0.29) is 11.5 Å². The lowest BCUT2D eigenvalue weighted by atomic mass is 10.0. The number of nitrogens with one attached hydrogen (secondary N) is 1. The molecule has 22 heavy (non-hydrogen) atoms. The highest BCUT2D eigenvalue weighted by Gasteiger charge is 2.44. The van der Waals surface area contributed by atoms with Gasteiger partial charge in [0.25, 0.3) is 5.91 Å². The zero-order valence-electron chi connectivity index (χ0n) is 11.6. The van der Waals surface area contributed by atoms with Crippen molar-refractivity contribution in [3.05, 3.63) is 5.51 Å². The summed E-state index contributed by atoms with van der Waals surface area (Å²) in [4.78, 5) is 24.6. The molecule has 0 aliphatic carbocycles. The number of carbonyl (C=O) groups is 2. The van der Waals surface area contributed by atoms with E-state index in [9.17, 15) is 18.0 Å². The first-order valence-corrected chi connectivity index (χ1v) is 9.23. The van der Waals surface area contributed by atoms with Gasteiger partial charge in [0.1, 0.15) is 5.51 Å². The Balaban J connectivity index is 1.74. The number of hydrogen-bond acceptors (Lipinski definition) is 8. The summed E-state index contributed by atoms with van der Waals surface area (Å²) in [6.07, 6.45) is 0.343. The molecule has 1 aromatic rings. The Hall–Kier alpha value is -1.88. The Bertz CT molecular complexity index is 743. The third kappa shape index (κ3) is 2.73. The van der Waals surface area contributed by atoms with Crippen molar-refractivity contribution < 1.29 is 18.0 Å². The van der Waals surface area contributed by atoms with Crippen molar-refractivity contribution in [3.8, 4) is 0 Å². The van der Waals surface area contributed by atoms with Crippen molar-refractivity contribution in [2.24, 2.45) is 11.0 Å². The molecule has 1 fully saturated rings. The molecule has 3 rings (SSSR count). The van der Waals surface area contributed by atoms with Crippen LogP contribution in [0.2, 0.25) is 0 Å². The minimum absolute atomic E-state index is 0.0393. The average molecular weight is 343 g/mol. The summed E-state index contributed by atoms with van der Waals surface area (Å²) in [5, 5.41) is 15.3. The Labute approximate surface area is 130 Å². The molecule has 0 saturated carbocycles. The van der Waals surface area contributed by atoms with E-state index in [1.165, 1.54) is 5.51 Å². The number of aromatic nitrogens is 2. The Morgan fingerprint density at radius 3 is 2.86 bits per heavy atom. The molecule has 2 aliphatic rings. The van der Waals surface area contributed by atoms with Crippen LogP contribution in [0.3, 0.4) is 0 Å². The minimum Gasteiger partial charge on any atom is -0.299 e. The van der Waals surface area contributed by atoms with Gasteiger partial charge in [-0.15, -0.1) is 10.2 Å². The molecule has 2 aliphatic heterocycles. The first kappa shape index (κ1) is 15.0. The van der Waals surface area contributed by atoms with Crippen molar-refractivity contribution in [1.82, 2.24) is 15.2 Å².